The highest BCUT2D eigenvalue weighted by Gasteiger charge is 2.35. The van der Waals surface area contributed by atoms with Crippen molar-refractivity contribution < 1.29 is 9.47 Å². The highest BCUT2D eigenvalue weighted by atomic mass is 16.5. The van der Waals surface area contributed by atoms with E-state index in [1.807, 2.05) is 12.1 Å². The zero-order chi connectivity index (χ0) is 15.3. The normalized spacial score (nSPS) is 18.5. The molecule has 118 valence electrons. The van der Waals surface area contributed by atoms with Crippen LogP contribution in [-0.4, -0.2) is 49.9 Å². The van der Waals surface area contributed by atoms with Crippen LogP contribution in [0.3, 0.4) is 0 Å². The van der Waals surface area contributed by atoms with Gasteiger partial charge in [-0.25, -0.2) is 0 Å². The average molecular weight is 293 g/mol. The van der Waals surface area contributed by atoms with E-state index in [2.05, 4.69) is 36.3 Å². The Bertz CT molecular complexity index is 445. The number of morpholine rings is 1. The van der Waals surface area contributed by atoms with Crippen molar-refractivity contribution in [2.24, 2.45) is 5.84 Å². The summed E-state index contributed by atoms with van der Waals surface area (Å²) in [4.78, 5) is 2.45. The lowest BCUT2D eigenvalue weighted by molar-refractivity contribution is -0.0233. The smallest absolute Gasteiger partial charge is 0.119 e. The van der Waals surface area contributed by atoms with E-state index in [4.69, 9.17) is 15.3 Å². The van der Waals surface area contributed by atoms with E-state index in [1.54, 1.807) is 7.11 Å². The van der Waals surface area contributed by atoms with E-state index in [1.165, 1.54) is 5.56 Å². The Labute approximate surface area is 127 Å². The molecule has 3 N–H and O–H groups in total. The molecule has 0 radical (unpaired) electrons. The third kappa shape index (κ3) is 3.95. The molecule has 0 aromatic heterocycles. The number of rotatable bonds is 6. The van der Waals surface area contributed by atoms with Gasteiger partial charge >= 0.3 is 0 Å². The highest BCUT2D eigenvalue weighted by molar-refractivity contribution is 5.29. The van der Waals surface area contributed by atoms with Gasteiger partial charge in [-0.1, -0.05) is 12.1 Å². The molecule has 1 fully saturated rings. The molecule has 0 aliphatic carbocycles. The van der Waals surface area contributed by atoms with Crippen LogP contribution in [0.1, 0.15) is 19.4 Å². The van der Waals surface area contributed by atoms with Crippen LogP contribution in [0, 0.1) is 0 Å². The molecule has 1 aromatic carbocycles. The first-order valence-electron chi connectivity index (χ1n) is 7.49. The van der Waals surface area contributed by atoms with Gasteiger partial charge in [0.1, 0.15) is 5.75 Å². The minimum Gasteiger partial charge on any atom is -0.497 e. The van der Waals surface area contributed by atoms with E-state index in [-0.39, 0.29) is 11.6 Å². The molecular formula is C16H27N3O2. The zero-order valence-corrected chi connectivity index (χ0v) is 13.3. The number of nitrogens with two attached hydrogens (primary N) is 1. The summed E-state index contributed by atoms with van der Waals surface area (Å²) < 4.78 is 10.7. The minimum absolute atomic E-state index is 0.0401. The third-order valence-corrected chi connectivity index (χ3v) is 4.45. The summed E-state index contributed by atoms with van der Waals surface area (Å²) in [5.41, 5.74) is 4.18. The third-order valence-electron chi connectivity index (χ3n) is 4.45. The Balaban J connectivity index is 2.10. The van der Waals surface area contributed by atoms with Gasteiger partial charge in [-0.05, 0) is 38.0 Å². The number of nitrogens with zero attached hydrogens (tertiary/aromatic N) is 1. The van der Waals surface area contributed by atoms with Crippen LogP contribution >= 0.6 is 0 Å². The van der Waals surface area contributed by atoms with Crippen molar-refractivity contribution in [1.82, 2.24) is 10.3 Å². The largest absolute Gasteiger partial charge is 0.497 e. The van der Waals surface area contributed by atoms with Crippen molar-refractivity contribution in [2.45, 2.75) is 31.8 Å². The van der Waals surface area contributed by atoms with Crippen LogP contribution in [0.2, 0.25) is 0 Å². The van der Waals surface area contributed by atoms with E-state index in [0.717, 1.165) is 38.5 Å². The molecule has 0 bridgehead atoms. The molecule has 1 aliphatic rings. The molecule has 5 nitrogen and oxygen atoms in total. The van der Waals surface area contributed by atoms with Gasteiger partial charge in [0.2, 0.25) is 0 Å². The summed E-state index contributed by atoms with van der Waals surface area (Å²) in [6.45, 7) is 7.96. The number of benzene rings is 1. The minimum atomic E-state index is -0.0401. The lowest BCUT2D eigenvalue weighted by Gasteiger charge is -2.45. The predicted octanol–water partition coefficient (Wildman–Crippen LogP) is 1.18. The fraction of sp³-hybridized carbons (Fsp3) is 0.625. The van der Waals surface area contributed by atoms with Gasteiger partial charge in [-0.15, -0.1) is 0 Å². The van der Waals surface area contributed by atoms with Gasteiger partial charge in [-0.3, -0.25) is 16.2 Å². The molecule has 1 saturated heterocycles. The standard InChI is InChI=1S/C16H27N3O2/c1-16(2,19-7-9-21-10-8-19)15(18-17)12-13-5-4-6-14(11-13)20-3/h4-6,11,15,18H,7-10,12,17H2,1-3H3. The van der Waals surface area contributed by atoms with E-state index < -0.39 is 0 Å². The summed E-state index contributed by atoms with van der Waals surface area (Å²) in [7, 11) is 1.69. The summed E-state index contributed by atoms with van der Waals surface area (Å²) in [5.74, 6) is 6.73. The molecule has 1 atom stereocenters. The quantitative estimate of drug-likeness (QED) is 0.609. The predicted molar refractivity (Wildman–Crippen MR) is 84.3 cm³/mol. The number of methoxy groups -OCH3 is 1. The van der Waals surface area contributed by atoms with Crippen molar-refractivity contribution in [3.8, 4) is 5.75 Å². The van der Waals surface area contributed by atoms with Gasteiger partial charge in [0, 0.05) is 24.7 Å². The summed E-state index contributed by atoms with van der Waals surface area (Å²) in [6, 6.07) is 8.31. The molecule has 1 heterocycles. The van der Waals surface area contributed by atoms with Crippen LogP contribution in [0.25, 0.3) is 0 Å². The van der Waals surface area contributed by atoms with Gasteiger partial charge in [0.15, 0.2) is 0 Å². The maximum absolute atomic E-state index is 5.84. The number of hydrogen-bond acceptors (Lipinski definition) is 5. The molecular weight excluding hydrogens is 266 g/mol. The van der Waals surface area contributed by atoms with Crippen LogP contribution in [-0.2, 0) is 11.2 Å². The van der Waals surface area contributed by atoms with Crippen molar-refractivity contribution in [3.05, 3.63) is 29.8 Å². The number of hydrogen-bond donors (Lipinski definition) is 2. The Kier molecular flexibility index (Phi) is 5.58. The lowest BCUT2D eigenvalue weighted by Crippen LogP contribution is -2.62. The molecule has 1 unspecified atom stereocenters. The molecule has 5 heteroatoms. The second-order valence-electron chi connectivity index (χ2n) is 6.03. The fourth-order valence-corrected chi connectivity index (χ4v) is 2.91. The number of hydrazine groups is 1. The average Bonchev–Trinajstić information content (AvgIpc) is 2.53. The van der Waals surface area contributed by atoms with Gasteiger partial charge in [0.25, 0.3) is 0 Å². The summed E-state index contributed by atoms with van der Waals surface area (Å²) >= 11 is 0. The lowest BCUT2D eigenvalue weighted by atomic mass is 9.87. The van der Waals surface area contributed by atoms with Crippen LogP contribution < -0.4 is 16.0 Å². The zero-order valence-electron chi connectivity index (χ0n) is 13.3. The van der Waals surface area contributed by atoms with Crippen LogP contribution in [0.5, 0.6) is 5.75 Å². The first-order valence-corrected chi connectivity index (χ1v) is 7.49. The summed E-state index contributed by atoms with van der Waals surface area (Å²) in [5, 5.41) is 0. The number of ether oxygens (including phenoxy) is 2. The maximum atomic E-state index is 5.84. The Morgan fingerprint density at radius 2 is 2.10 bits per heavy atom. The van der Waals surface area contributed by atoms with E-state index >= 15 is 0 Å². The van der Waals surface area contributed by atoms with E-state index in [9.17, 15) is 0 Å². The molecule has 0 saturated carbocycles. The van der Waals surface area contributed by atoms with Crippen molar-refractivity contribution in [1.29, 1.82) is 0 Å². The van der Waals surface area contributed by atoms with Crippen molar-refractivity contribution in [2.75, 3.05) is 33.4 Å². The fourth-order valence-electron chi connectivity index (χ4n) is 2.91. The SMILES string of the molecule is COc1cccc(CC(NN)C(C)(C)N2CCOCC2)c1. The maximum Gasteiger partial charge on any atom is 0.119 e. The number of nitrogens with one attached hydrogen (secondary N) is 1. The first kappa shape index (κ1) is 16.2. The second-order valence-corrected chi connectivity index (χ2v) is 6.03. The monoisotopic (exact) mass is 293 g/mol. The Morgan fingerprint density at radius 1 is 1.38 bits per heavy atom. The molecule has 1 aromatic rings. The van der Waals surface area contributed by atoms with Gasteiger partial charge in [-0.2, -0.15) is 0 Å². The van der Waals surface area contributed by atoms with Crippen molar-refractivity contribution >= 4 is 0 Å². The highest BCUT2D eigenvalue weighted by Crippen LogP contribution is 2.24. The Hall–Kier alpha value is -1.14. The summed E-state index contributed by atoms with van der Waals surface area (Å²) in [6.07, 6.45) is 0.859. The molecule has 0 spiro atoms. The van der Waals surface area contributed by atoms with E-state index in [0.29, 0.717) is 0 Å². The van der Waals surface area contributed by atoms with Crippen LogP contribution in [0.15, 0.2) is 24.3 Å². The molecule has 2 rings (SSSR count). The van der Waals surface area contributed by atoms with Crippen molar-refractivity contribution in [3.63, 3.8) is 0 Å². The van der Waals surface area contributed by atoms with Gasteiger partial charge < -0.3 is 9.47 Å². The van der Waals surface area contributed by atoms with Crippen LogP contribution in [0.4, 0.5) is 0 Å². The topological polar surface area (TPSA) is 59.8 Å². The van der Waals surface area contributed by atoms with Gasteiger partial charge in [0.05, 0.1) is 20.3 Å². The Morgan fingerprint density at radius 3 is 2.71 bits per heavy atom. The molecule has 1 aliphatic heterocycles. The molecule has 0 amide bonds. The molecule has 21 heavy (non-hydrogen) atoms. The first-order chi connectivity index (χ1) is 10.1. The second kappa shape index (κ2) is 7.22.